The predicted octanol–water partition coefficient (Wildman–Crippen LogP) is 4.14. The van der Waals surface area contributed by atoms with E-state index in [0.29, 0.717) is 17.9 Å². The molecule has 6 nitrogen and oxygen atoms in total. The Hall–Kier alpha value is -2.26. The monoisotopic (exact) mass is 439 g/mol. The lowest BCUT2D eigenvalue weighted by Gasteiger charge is -2.19. The van der Waals surface area contributed by atoms with E-state index >= 15 is 0 Å². The number of carbonyl (C=O) groups excluding carboxylic acids is 1. The summed E-state index contributed by atoms with van der Waals surface area (Å²) in [6.07, 6.45) is 0.956. The summed E-state index contributed by atoms with van der Waals surface area (Å²) in [4.78, 5) is 11.9. The molecule has 2 aromatic carbocycles. The lowest BCUT2D eigenvalue weighted by atomic mass is 9.87. The molecule has 0 saturated carbocycles. The largest absolute Gasteiger partial charge is 0.333 e. The van der Waals surface area contributed by atoms with Crippen molar-refractivity contribution < 1.29 is 17.6 Å². The second-order valence-corrected chi connectivity index (χ2v) is 10.2. The molecule has 0 bridgehead atoms. The Morgan fingerprint density at radius 2 is 1.69 bits per heavy atom. The third-order valence-corrected chi connectivity index (χ3v) is 5.40. The van der Waals surface area contributed by atoms with Crippen molar-refractivity contribution >= 4 is 33.7 Å². The van der Waals surface area contributed by atoms with Gasteiger partial charge >= 0.3 is 6.03 Å². The third kappa shape index (κ3) is 7.94. The minimum absolute atomic E-state index is 0.0819. The van der Waals surface area contributed by atoms with E-state index in [1.54, 1.807) is 6.07 Å². The Kier molecular flexibility index (Phi) is 7.54. The number of amides is 2. The smallest absolute Gasteiger partial charge is 0.325 e. The van der Waals surface area contributed by atoms with Crippen LogP contribution in [0, 0.1) is 5.82 Å². The fraction of sp³-hybridized carbons (Fsp3) is 0.350. The standard InChI is InChI=1S/C20H26FN3O3S2/c1-20(2,3)16-8-5-14(6-9-16)12-22-19(25)23-28-13-15-7-10-18(17(21)11-15)24-29(4,26)27/h5-11,24H,12-13H2,1-4H3,(H2,22,23,25). The Balaban J connectivity index is 1.78. The van der Waals surface area contributed by atoms with Crippen LogP contribution in [0.5, 0.6) is 0 Å². The molecule has 158 valence electrons. The molecule has 29 heavy (non-hydrogen) atoms. The number of sulfonamides is 1. The van der Waals surface area contributed by atoms with Crippen molar-refractivity contribution in [1.29, 1.82) is 0 Å². The second kappa shape index (κ2) is 9.49. The minimum Gasteiger partial charge on any atom is -0.333 e. The number of anilines is 1. The first-order valence-corrected chi connectivity index (χ1v) is 11.8. The lowest BCUT2D eigenvalue weighted by molar-refractivity contribution is 0.246. The first-order valence-electron chi connectivity index (χ1n) is 8.95. The van der Waals surface area contributed by atoms with Crippen LogP contribution in [0.4, 0.5) is 14.9 Å². The zero-order chi connectivity index (χ0) is 21.7. The summed E-state index contributed by atoms with van der Waals surface area (Å²) in [6.45, 7) is 6.84. The van der Waals surface area contributed by atoms with E-state index in [0.717, 1.165) is 23.8 Å². The molecule has 0 aromatic heterocycles. The van der Waals surface area contributed by atoms with Crippen molar-refractivity contribution in [1.82, 2.24) is 10.0 Å². The van der Waals surface area contributed by atoms with Gasteiger partial charge in [0.25, 0.3) is 0 Å². The molecule has 0 unspecified atom stereocenters. The number of hydrogen-bond acceptors (Lipinski definition) is 4. The Labute approximate surface area is 175 Å². The van der Waals surface area contributed by atoms with Gasteiger partial charge < -0.3 is 5.32 Å². The summed E-state index contributed by atoms with van der Waals surface area (Å²) in [5.74, 6) is -0.333. The van der Waals surface area contributed by atoms with Crippen LogP contribution in [0.15, 0.2) is 42.5 Å². The number of urea groups is 1. The second-order valence-electron chi connectivity index (χ2n) is 7.71. The maximum Gasteiger partial charge on any atom is 0.325 e. The van der Waals surface area contributed by atoms with Gasteiger partial charge in [0.2, 0.25) is 10.0 Å². The Morgan fingerprint density at radius 1 is 1.07 bits per heavy atom. The van der Waals surface area contributed by atoms with E-state index in [1.807, 2.05) is 12.1 Å². The molecular weight excluding hydrogens is 413 g/mol. The molecule has 0 radical (unpaired) electrons. The van der Waals surface area contributed by atoms with Gasteiger partial charge in [-0.05, 0) is 46.2 Å². The summed E-state index contributed by atoms with van der Waals surface area (Å²) in [7, 11) is -3.54. The van der Waals surface area contributed by atoms with E-state index in [-0.39, 0.29) is 17.1 Å². The average molecular weight is 440 g/mol. The van der Waals surface area contributed by atoms with E-state index in [4.69, 9.17) is 0 Å². The van der Waals surface area contributed by atoms with E-state index in [1.165, 1.54) is 17.7 Å². The topological polar surface area (TPSA) is 87.3 Å². The molecule has 0 aliphatic carbocycles. The molecular formula is C20H26FN3O3S2. The molecule has 2 rings (SSSR count). The summed E-state index contributed by atoms with van der Waals surface area (Å²) in [5.41, 5.74) is 2.81. The number of halogens is 1. The highest BCUT2D eigenvalue weighted by atomic mass is 32.2. The van der Waals surface area contributed by atoms with Gasteiger partial charge in [0, 0.05) is 12.3 Å². The third-order valence-electron chi connectivity index (χ3n) is 4.01. The normalized spacial score (nSPS) is 11.8. The highest BCUT2D eigenvalue weighted by Crippen LogP contribution is 2.22. The number of benzene rings is 2. The maximum atomic E-state index is 13.9. The highest BCUT2D eigenvalue weighted by molar-refractivity contribution is 7.97. The van der Waals surface area contributed by atoms with Crippen LogP contribution in [0.2, 0.25) is 0 Å². The quantitative estimate of drug-likeness (QED) is 0.566. The number of rotatable bonds is 7. The molecule has 0 heterocycles. The van der Waals surface area contributed by atoms with Crippen LogP contribution in [0.25, 0.3) is 0 Å². The van der Waals surface area contributed by atoms with Gasteiger partial charge in [0.1, 0.15) is 5.82 Å². The van der Waals surface area contributed by atoms with Crippen molar-refractivity contribution in [3.8, 4) is 0 Å². The van der Waals surface area contributed by atoms with Gasteiger partial charge in [-0.25, -0.2) is 17.6 Å². The van der Waals surface area contributed by atoms with Crippen LogP contribution in [-0.4, -0.2) is 20.7 Å². The Morgan fingerprint density at radius 3 is 2.24 bits per heavy atom. The molecule has 2 amide bonds. The maximum absolute atomic E-state index is 13.9. The highest BCUT2D eigenvalue weighted by Gasteiger charge is 2.13. The molecule has 3 N–H and O–H groups in total. The molecule has 0 aliphatic rings. The van der Waals surface area contributed by atoms with Crippen LogP contribution < -0.4 is 14.8 Å². The van der Waals surface area contributed by atoms with Crippen molar-refractivity contribution in [3.63, 3.8) is 0 Å². The Bertz CT molecular complexity index is 956. The first-order chi connectivity index (χ1) is 13.4. The predicted molar refractivity (Wildman–Crippen MR) is 117 cm³/mol. The SMILES string of the molecule is CC(C)(C)c1ccc(CNC(=O)NSCc2ccc(NS(C)(=O)=O)c(F)c2)cc1. The van der Waals surface area contributed by atoms with E-state index in [2.05, 4.69) is 47.7 Å². The average Bonchev–Trinajstić information content (AvgIpc) is 2.61. The summed E-state index contributed by atoms with van der Waals surface area (Å²) >= 11 is 1.12. The van der Waals surface area contributed by atoms with Gasteiger partial charge in [-0.15, -0.1) is 0 Å². The summed E-state index contributed by atoms with van der Waals surface area (Å²) in [6, 6.07) is 11.9. The van der Waals surface area contributed by atoms with Crippen molar-refractivity contribution in [2.24, 2.45) is 0 Å². The van der Waals surface area contributed by atoms with Gasteiger partial charge in [0.05, 0.1) is 11.9 Å². The van der Waals surface area contributed by atoms with Crippen LogP contribution in [-0.2, 0) is 27.7 Å². The van der Waals surface area contributed by atoms with Crippen molar-refractivity contribution in [2.75, 3.05) is 11.0 Å². The van der Waals surface area contributed by atoms with Crippen molar-refractivity contribution in [3.05, 3.63) is 65.0 Å². The fourth-order valence-electron chi connectivity index (χ4n) is 2.46. The van der Waals surface area contributed by atoms with Gasteiger partial charge in [-0.3, -0.25) is 9.44 Å². The van der Waals surface area contributed by atoms with Gasteiger partial charge in [-0.2, -0.15) is 0 Å². The van der Waals surface area contributed by atoms with Gasteiger partial charge in [0.15, 0.2) is 0 Å². The first kappa shape index (κ1) is 23.0. The van der Waals surface area contributed by atoms with E-state index in [9.17, 15) is 17.6 Å². The minimum atomic E-state index is -3.54. The van der Waals surface area contributed by atoms with Crippen molar-refractivity contribution in [2.45, 2.75) is 38.5 Å². The zero-order valence-corrected chi connectivity index (χ0v) is 18.5. The molecule has 9 heteroatoms. The molecule has 0 aliphatic heterocycles. The van der Waals surface area contributed by atoms with Crippen LogP contribution >= 0.6 is 11.9 Å². The summed E-state index contributed by atoms with van der Waals surface area (Å²) < 4.78 is 41.0. The molecule has 0 spiro atoms. The van der Waals surface area contributed by atoms with E-state index < -0.39 is 15.8 Å². The summed E-state index contributed by atoms with van der Waals surface area (Å²) in [5, 5.41) is 2.77. The molecule has 0 saturated heterocycles. The molecule has 0 fully saturated rings. The lowest BCUT2D eigenvalue weighted by Crippen LogP contribution is -2.30. The number of hydrogen-bond donors (Lipinski definition) is 3. The van der Waals surface area contributed by atoms with Crippen LogP contribution in [0.3, 0.4) is 0 Å². The molecule has 0 atom stereocenters. The molecule has 2 aromatic rings. The van der Waals surface area contributed by atoms with Crippen LogP contribution in [0.1, 0.15) is 37.5 Å². The number of nitrogens with one attached hydrogen (secondary N) is 3. The fourth-order valence-corrected chi connectivity index (χ4v) is 3.64. The zero-order valence-electron chi connectivity index (χ0n) is 16.9. The van der Waals surface area contributed by atoms with Gasteiger partial charge in [-0.1, -0.05) is 51.1 Å². The number of carbonyl (C=O) groups is 1.